The molecule has 0 fully saturated rings. The first-order valence-corrected chi connectivity index (χ1v) is 11.9. The molecule has 2 heterocycles. The van der Waals surface area contributed by atoms with Gasteiger partial charge < -0.3 is 29.6 Å². The highest BCUT2D eigenvalue weighted by Gasteiger charge is 2.16. The molecule has 0 saturated heterocycles. The van der Waals surface area contributed by atoms with Crippen molar-refractivity contribution in [2.24, 2.45) is 5.92 Å². The van der Waals surface area contributed by atoms with Gasteiger partial charge in [-0.15, -0.1) is 0 Å². The Morgan fingerprint density at radius 3 is 2.67 bits per heavy atom. The van der Waals surface area contributed by atoms with Crippen LogP contribution in [0.5, 0.6) is 11.5 Å². The van der Waals surface area contributed by atoms with Gasteiger partial charge in [-0.05, 0) is 37.0 Å². The summed E-state index contributed by atoms with van der Waals surface area (Å²) in [6.07, 6.45) is 4.75. The fraction of sp³-hybridized carbons (Fsp3) is 0.423. The fourth-order valence-electron chi connectivity index (χ4n) is 3.65. The summed E-state index contributed by atoms with van der Waals surface area (Å²) in [5.74, 6) is 1.05. The molecule has 3 aromatic rings. The van der Waals surface area contributed by atoms with Gasteiger partial charge in [0.25, 0.3) is 0 Å². The van der Waals surface area contributed by atoms with Crippen LogP contribution in [-0.4, -0.2) is 54.2 Å². The first-order chi connectivity index (χ1) is 17.2. The lowest BCUT2D eigenvalue weighted by Gasteiger charge is -2.14. The number of methoxy groups -OCH3 is 1. The minimum Gasteiger partial charge on any atom is -0.493 e. The van der Waals surface area contributed by atoms with E-state index in [0.29, 0.717) is 40.7 Å². The van der Waals surface area contributed by atoms with Crippen LogP contribution in [0.25, 0.3) is 11.0 Å². The van der Waals surface area contributed by atoms with E-state index < -0.39 is 11.8 Å². The molecule has 2 N–H and O–H groups in total. The van der Waals surface area contributed by atoms with Crippen LogP contribution < -0.4 is 20.1 Å². The SMILES string of the molecule is COc1ccc(NC(=O)NCc2c(F)cnc3c2ccn3CC(=O)N(C)C)cc1OCCCC(C)C. The number of aromatic nitrogens is 2. The molecular formula is C26H34FN5O4. The van der Waals surface area contributed by atoms with Crippen molar-refractivity contribution in [1.29, 1.82) is 0 Å². The Kier molecular flexibility index (Phi) is 9.10. The van der Waals surface area contributed by atoms with Gasteiger partial charge in [0.15, 0.2) is 11.5 Å². The van der Waals surface area contributed by atoms with Crippen LogP contribution in [0, 0.1) is 11.7 Å². The molecule has 10 heteroatoms. The zero-order valence-electron chi connectivity index (χ0n) is 21.4. The fourth-order valence-corrected chi connectivity index (χ4v) is 3.65. The summed E-state index contributed by atoms with van der Waals surface area (Å²) in [6, 6.07) is 6.30. The third-order valence-electron chi connectivity index (χ3n) is 5.68. The normalized spacial score (nSPS) is 11.0. The third-order valence-corrected chi connectivity index (χ3v) is 5.68. The Morgan fingerprint density at radius 1 is 1.19 bits per heavy atom. The molecule has 0 aliphatic rings. The number of urea groups is 1. The molecule has 3 amide bonds. The van der Waals surface area contributed by atoms with Crippen LogP contribution in [-0.2, 0) is 17.9 Å². The van der Waals surface area contributed by atoms with E-state index in [0.717, 1.165) is 19.0 Å². The van der Waals surface area contributed by atoms with Crippen molar-refractivity contribution in [3.63, 3.8) is 0 Å². The number of benzene rings is 1. The Labute approximate surface area is 210 Å². The summed E-state index contributed by atoms with van der Waals surface area (Å²) in [4.78, 5) is 30.3. The minimum atomic E-state index is -0.541. The number of hydrogen-bond donors (Lipinski definition) is 2. The molecule has 3 rings (SSSR count). The monoisotopic (exact) mass is 499 g/mol. The molecule has 0 saturated carbocycles. The van der Waals surface area contributed by atoms with E-state index >= 15 is 0 Å². The van der Waals surface area contributed by atoms with Gasteiger partial charge in [-0.2, -0.15) is 0 Å². The number of halogens is 1. The smallest absolute Gasteiger partial charge is 0.319 e. The van der Waals surface area contributed by atoms with Crippen molar-refractivity contribution in [3.05, 3.63) is 48.0 Å². The standard InChI is InChI=1S/C26H34FN5O4/c1-17(2)7-6-12-36-23-13-18(8-9-22(23)35-5)30-26(34)29-14-20-19-10-11-32(16-24(33)31(3)4)25(19)28-15-21(20)27/h8-11,13,15,17H,6-7,12,14,16H2,1-5H3,(H2,29,30,34). The van der Waals surface area contributed by atoms with Crippen LogP contribution >= 0.6 is 0 Å². The lowest BCUT2D eigenvalue weighted by molar-refractivity contribution is -0.129. The highest BCUT2D eigenvalue weighted by Crippen LogP contribution is 2.30. The zero-order chi connectivity index (χ0) is 26.2. The van der Waals surface area contributed by atoms with Gasteiger partial charge in [0.2, 0.25) is 5.91 Å². The van der Waals surface area contributed by atoms with Gasteiger partial charge in [-0.3, -0.25) is 4.79 Å². The van der Waals surface area contributed by atoms with Crippen molar-refractivity contribution >= 4 is 28.7 Å². The van der Waals surface area contributed by atoms with E-state index in [9.17, 15) is 14.0 Å². The number of hydrogen-bond acceptors (Lipinski definition) is 5. The molecule has 194 valence electrons. The van der Waals surface area contributed by atoms with Crippen molar-refractivity contribution in [1.82, 2.24) is 19.8 Å². The molecule has 0 aliphatic carbocycles. The van der Waals surface area contributed by atoms with Crippen LogP contribution in [0.3, 0.4) is 0 Å². The maximum absolute atomic E-state index is 14.6. The first kappa shape index (κ1) is 26.8. The lowest BCUT2D eigenvalue weighted by atomic mass is 10.1. The predicted molar refractivity (Wildman–Crippen MR) is 137 cm³/mol. The number of rotatable bonds is 11. The second-order valence-electron chi connectivity index (χ2n) is 9.11. The zero-order valence-corrected chi connectivity index (χ0v) is 21.4. The average molecular weight is 500 g/mol. The van der Waals surface area contributed by atoms with Crippen LogP contribution in [0.2, 0.25) is 0 Å². The second-order valence-corrected chi connectivity index (χ2v) is 9.11. The molecule has 1 aromatic carbocycles. The summed E-state index contributed by atoms with van der Waals surface area (Å²) in [7, 11) is 4.89. The summed E-state index contributed by atoms with van der Waals surface area (Å²) in [5.41, 5.74) is 1.27. The second kappa shape index (κ2) is 12.2. The van der Waals surface area contributed by atoms with Gasteiger partial charge >= 0.3 is 6.03 Å². The molecule has 0 radical (unpaired) electrons. The number of ether oxygens (including phenoxy) is 2. The number of fused-ring (bicyclic) bond motifs is 1. The first-order valence-electron chi connectivity index (χ1n) is 11.9. The maximum Gasteiger partial charge on any atom is 0.319 e. The van der Waals surface area contributed by atoms with E-state index in [2.05, 4.69) is 29.5 Å². The highest BCUT2D eigenvalue weighted by atomic mass is 19.1. The predicted octanol–water partition coefficient (Wildman–Crippen LogP) is 4.41. The summed E-state index contributed by atoms with van der Waals surface area (Å²) >= 11 is 0. The number of carbonyl (C=O) groups is 2. The van der Waals surface area contributed by atoms with Crippen molar-refractivity contribution in [2.45, 2.75) is 39.8 Å². The largest absolute Gasteiger partial charge is 0.493 e. The van der Waals surface area contributed by atoms with E-state index in [1.807, 2.05) is 0 Å². The number of carbonyl (C=O) groups excluding carboxylic acids is 2. The van der Waals surface area contributed by atoms with Gasteiger partial charge in [-0.1, -0.05) is 13.8 Å². The molecule has 2 aromatic heterocycles. The molecule has 9 nitrogen and oxygen atoms in total. The molecule has 0 atom stereocenters. The quantitative estimate of drug-likeness (QED) is 0.381. The van der Waals surface area contributed by atoms with E-state index in [4.69, 9.17) is 9.47 Å². The number of nitrogens with one attached hydrogen (secondary N) is 2. The molecule has 0 aliphatic heterocycles. The number of pyridine rings is 1. The van der Waals surface area contributed by atoms with Crippen LogP contribution in [0.4, 0.5) is 14.9 Å². The number of anilines is 1. The summed E-state index contributed by atoms with van der Waals surface area (Å²) in [6.45, 7) is 4.89. The van der Waals surface area contributed by atoms with E-state index in [-0.39, 0.29) is 24.6 Å². The van der Waals surface area contributed by atoms with Crippen LogP contribution in [0.15, 0.2) is 36.7 Å². The molecule has 0 unspecified atom stereocenters. The van der Waals surface area contributed by atoms with Crippen molar-refractivity contribution in [2.75, 3.05) is 33.1 Å². The Balaban J connectivity index is 1.66. The van der Waals surface area contributed by atoms with Crippen molar-refractivity contribution < 1.29 is 23.5 Å². The Bertz CT molecular complexity index is 1210. The Morgan fingerprint density at radius 2 is 1.97 bits per heavy atom. The summed E-state index contributed by atoms with van der Waals surface area (Å²) in [5, 5.41) is 5.96. The molecule has 0 bridgehead atoms. The minimum absolute atomic E-state index is 0.0585. The van der Waals surface area contributed by atoms with Gasteiger partial charge in [0, 0.05) is 49.5 Å². The van der Waals surface area contributed by atoms with E-state index in [1.165, 1.54) is 4.90 Å². The van der Waals surface area contributed by atoms with Crippen LogP contribution in [0.1, 0.15) is 32.3 Å². The Hall–Kier alpha value is -3.82. The molecule has 36 heavy (non-hydrogen) atoms. The van der Waals surface area contributed by atoms with E-state index in [1.54, 1.807) is 56.2 Å². The van der Waals surface area contributed by atoms with Crippen molar-refractivity contribution in [3.8, 4) is 11.5 Å². The average Bonchev–Trinajstić information content (AvgIpc) is 3.23. The number of likely N-dealkylation sites (N-methyl/N-ethyl adjacent to an activating group) is 1. The molecule has 0 spiro atoms. The number of amides is 3. The van der Waals surface area contributed by atoms with Gasteiger partial charge in [-0.25, -0.2) is 14.2 Å². The highest BCUT2D eigenvalue weighted by molar-refractivity contribution is 5.90. The third kappa shape index (κ3) is 6.87. The van der Waals surface area contributed by atoms with Gasteiger partial charge in [0.1, 0.15) is 18.0 Å². The maximum atomic E-state index is 14.6. The lowest BCUT2D eigenvalue weighted by Crippen LogP contribution is -2.28. The van der Waals surface area contributed by atoms with Gasteiger partial charge in [0.05, 0.1) is 19.9 Å². The topological polar surface area (TPSA) is 97.7 Å². The molecular weight excluding hydrogens is 465 g/mol. The number of nitrogens with zero attached hydrogens (tertiary/aromatic N) is 3. The summed E-state index contributed by atoms with van der Waals surface area (Å²) < 4.78 is 27.4.